The predicted molar refractivity (Wildman–Crippen MR) is 140 cm³/mol. The standard InChI is InChI=1S/C31H47NO3/c1-21(2)19-32-20-22-5-4-6-25(17-22)35-16-15-31-14-12-27-26(28(31)9-10-29(31)34)8-7-23-18-24(33)11-13-30(23,27)3/h4-6,17,21,23,26-29,32,34H,7-16,18-20H2,1-3H3/t23?,26?,27?,28?,29-,30-,31+/m0/s1. The van der Waals surface area contributed by atoms with Crippen molar-refractivity contribution in [3.8, 4) is 5.75 Å². The quantitative estimate of drug-likeness (QED) is 0.467. The molecular formula is C31H47NO3. The lowest BCUT2D eigenvalue weighted by molar-refractivity contribution is -0.145. The van der Waals surface area contributed by atoms with Crippen molar-refractivity contribution in [1.82, 2.24) is 5.32 Å². The molecule has 4 heteroatoms. The molecule has 7 atom stereocenters. The van der Waals surface area contributed by atoms with E-state index in [0.29, 0.717) is 41.5 Å². The maximum absolute atomic E-state index is 12.2. The van der Waals surface area contributed by atoms with Crippen LogP contribution in [0.15, 0.2) is 24.3 Å². The summed E-state index contributed by atoms with van der Waals surface area (Å²) < 4.78 is 6.31. The molecule has 4 fully saturated rings. The van der Waals surface area contributed by atoms with Gasteiger partial charge >= 0.3 is 0 Å². The van der Waals surface area contributed by atoms with Crippen LogP contribution in [0, 0.1) is 40.4 Å². The van der Waals surface area contributed by atoms with E-state index in [1.54, 1.807) is 0 Å². The largest absolute Gasteiger partial charge is 0.494 e. The van der Waals surface area contributed by atoms with E-state index in [-0.39, 0.29) is 11.5 Å². The fourth-order valence-corrected chi connectivity index (χ4v) is 8.91. The van der Waals surface area contributed by atoms with Crippen molar-refractivity contribution >= 4 is 5.78 Å². The number of nitrogens with one attached hydrogen (secondary N) is 1. The van der Waals surface area contributed by atoms with Crippen LogP contribution in [0.4, 0.5) is 0 Å². The van der Waals surface area contributed by atoms with Gasteiger partial charge < -0.3 is 15.2 Å². The zero-order chi connectivity index (χ0) is 24.6. The smallest absolute Gasteiger partial charge is 0.133 e. The summed E-state index contributed by atoms with van der Waals surface area (Å²) in [5.74, 6) is 4.73. The number of carbonyl (C=O) groups excluding carboxylic acids is 1. The number of hydrogen-bond donors (Lipinski definition) is 2. The van der Waals surface area contributed by atoms with Gasteiger partial charge in [0.25, 0.3) is 0 Å². The van der Waals surface area contributed by atoms with E-state index in [2.05, 4.69) is 50.4 Å². The van der Waals surface area contributed by atoms with Crippen LogP contribution in [0.3, 0.4) is 0 Å². The van der Waals surface area contributed by atoms with Gasteiger partial charge in [-0.1, -0.05) is 32.9 Å². The molecule has 4 unspecified atom stereocenters. The molecule has 4 aliphatic carbocycles. The number of fused-ring (bicyclic) bond motifs is 5. The number of aliphatic hydroxyl groups is 1. The Kier molecular flexibility index (Phi) is 7.34. The van der Waals surface area contributed by atoms with Gasteiger partial charge in [0.15, 0.2) is 0 Å². The van der Waals surface area contributed by atoms with Gasteiger partial charge in [-0.05, 0) is 111 Å². The summed E-state index contributed by atoms with van der Waals surface area (Å²) in [5, 5.41) is 14.8. The second-order valence-electron chi connectivity index (χ2n) is 13.0. The van der Waals surface area contributed by atoms with Gasteiger partial charge in [-0.3, -0.25) is 4.79 Å². The van der Waals surface area contributed by atoms with E-state index in [1.165, 1.54) is 31.2 Å². The van der Waals surface area contributed by atoms with Crippen LogP contribution in [-0.2, 0) is 11.3 Å². The number of benzene rings is 1. The highest BCUT2D eigenvalue weighted by Gasteiger charge is 2.61. The fraction of sp³-hybridized carbons (Fsp3) is 0.774. The van der Waals surface area contributed by atoms with Crippen molar-refractivity contribution in [2.24, 2.45) is 40.4 Å². The maximum Gasteiger partial charge on any atom is 0.133 e. The van der Waals surface area contributed by atoms with Crippen molar-refractivity contribution in [3.63, 3.8) is 0 Å². The van der Waals surface area contributed by atoms with Crippen LogP contribution < -0.4 is 10.1 Å². The summed E-state index contributed by atoms with van der Waals surface area (Å²) >= 11 is 0. The summed E-state index contributed by atoms with van der Waals surface area (Å²) in [4.78, 5) is 12.2. The minimum absolute atomic E-state index is 0.0191. The van der Waals surface area contributed by atoms with Crippen LogP contribution >= 0.6 is 0 Å². The van der Waals surface area contributed by atoms with Gasteiger partial charge in [0.1, 0.15) is 11.5 Å². The third-order valence-corrected chi connectivity index (χ3v) is 10.8. The first-order valence-corrected chi connectivity index (χ1v) is 14.4. The SMILES string of the molecule is CC(C)CNCc1cccc(OCC[C@]23CCC4C(CCC5CC(=O)CC[C@@]54C)C2CC[C@@H]3O)c1. The average molecular weight is 482 g/mol. The highest BCUT2D eigenvalue weighted by atomic mass is 16.5. The summed E-state index contributed by atoms with van der Waals surface area (Å²) in [6.07, 6.45) is 10.4. The minimum Gasteiger partial charge on any atom is -0.494 e. The Morgan fingerprint density at radius 3 is 2.80 bits per heavy atom. The lowest BCUT2D eigenvalue weighted by Crippen LogP contribution is -2.55. The number of ketones is 1. The molecular weight excluding hydrogens is 434 g/mol. The summed E-state index contributed by atoms with van der Waals surface area (Å²) in [5.41, 5.74) is 1.61. The van der Waals surface area contributed by atoms with E-state index < -0.39 is 0 Å². The normalized spacial score (nSPS) is 38.7. The summed E-state index contributed by atoms with van der Waals surface area (Å²) in [6, 6.07) is 8.48. The van der Waals surface area contributed by atoms with Crippen LogP contribution in [0.1, 0.15) is 90.5 Å². The zero-order valence-corrected chi connectivity index (χ0v) is 22.2. The average Bonchev–Trinajstić information content (AvgIpc) is 3.16. The van der Waals surface area contributed by atoms with Gasteiger partial charge in [0, 0.05) is 24.8 Å². The predicted octanol–water partition coefficient (Wildman–Crippen LogP) is 6.15. The van der Waals surface area contributed by atoms with Crippen LogP contribution in [0.5, 0.6) is 5.75 Å². The molecule has 194 valence electrons. The van der Waals surface area contributed by atoms with Crippen molar-refractivity contribution in [3.05, 3.63) is 29.8 Å². The lowest BCUT2D eigenvalue weighted by atomic mass is 9.44. The fourth-order valence-electron chi connectivity index (χ4n) is 8.91. The van der Waals surface area contributed by atoms with Crippen LogP contribution in [0.2, 0.25) is 0 Å². The molecule has 0 bridgehead atoms. The molecule has 4 aliphatic rings. The molecule has 0 amide bonds. The highest BCUT2D eigenvalue weighted by molar-refractivity contribution is 5.79. The molecule has 35 heavy (non-hydrogen) atoms. The monoisotopic (exact) mass is 481 g/mol. The maximum atomic E-state index is 12.2. The van der Waals surface area contributed by atoms with Gasteiger partial charge in [-0.25, -0.2) is 0 Å². The molecule has 4 nitrogen and oxygen atoms in total. The first kappa shape index (κ1) is 25.3. The zero-order valence-electron chi connectivity index (χ0n) is 22.2. The molecule has 0 radical (unpaired) electrons. The number of carbonyl (C=O) groups is 1. The topological polar surface area (TPSA) is 58.6 Å². The van der Waals surface area contributed by atoms with Crippen molar-refractivity contribution in [2.75, 3.05) is 13.2 Å². The molecule has 0 heterocycles. The first-order chi connectivity index (χ1) is 16.8. The third kappa shape index (κ3) is 4.82. The Morgan fingerprint density at radius 2 is 1.97 bits per heavy atom. The van der Waals surface area contributed by atoms with Crippen molar-refractivity contribution < 1.29 is 14.6 Å². The molecule has 4 saturated carbocycles. The Balaban J connectivity index is 1.23. The second kappa shape index (κ2) is 10.2. The minimum atomic E-state index is -0.193. The molecule has 0 saturated heterocycles. The van der Waals surface area contributed by atoms with Crippen LogP contribution in [-0.4, -0.2) is 30.1 Å². The number of hydrogen-bond acceptors (Lipinski definition) is 4. The molecule has 1 aromatic carbocycles. The van der Waals surface area contributed by atoms with Crippen LogP contribution in [0.25, 0.3) is 0 Å². The summed E-state index contributed by atoms with van der Waals surface area (Å²) in [7, 11) is 0. The molecule has 1 aromatic rings. The number of rotatable bonds is 8. The number of aliphatic hydroxyl groups excluding tert-OH is 1. The Labute approximate surface area is 212 Å². The number of Topliss-reactive ketones (excluding diaryl/α,β-unsaturated/α-hetero) is 1. The highest BCUT2D eigenvalue weighted by Crippen LogP contribution is 2.66. The Morgan fingerprint density at radius 1 is 1.11 bits per heavy atom. The van der Waals surface area contributed by atoms with Gasteiger partial charge in [0.05, 0.1) is 12.7 Å². The third-order valence-electron chi connectivity index (χ3n) is 10.8. The van der Waals surface area contributed by atoms with Gasteiger partial charge in [-0.15, -0.1) is 0 Å². The van der Waals surface area contributed by atoms with E-state index >= 15 is 0 Å². The lowest BCUT2D eigenvalue weighted by Gasteiger charge is -2.60. The molecule has 0 spiro atoms. The van der Waals surface area contributed by atoms with Crippen molar-refractivity contribution in [1.29, 1.82) is 0 Å². The van der Waals surface area contributed by atoms with Gasteiger partial charge in [-0.2, -0.15) is 0 Å². The number of ether oxygens (including phenoxy) is 1. The summed E-state index contributed by atoms with van der Waals surface area (Å²) in [6.45, 7) is 9.53. The first-order valence-electron chi connectivity index (χ1n) is 14.4. The van der Waals surface area contributed by atoms with E-state index in [9.17, 15) is 9.90 Å². The molecule has 2 N–H and O–H groups in total. The van der Waals surface area contributed by atoms with E-state index in [1.807, 2.05) is 0 Å². The Hall–Kier alpha value is -1.39. The van der Waals surface area contributed by atoms with Gasteiger partial charge in [0.2, 0.25) is 0 Å². The Bertz CT molecular complexity index is 899. The van der Waals surface area contributed by atoms with E-state index in [0.717, 1.165) is 63.3 Å². The van der Waals surface area contributed by atoms with E-state index in [4.69, 9.17) is 4.74 Å². The molecule has 5 rings (SSSR count). The molecule has 0 aromatic heterocycles. The second-order valence-corrected chi connectivity index (χ2v) is 13.0. The molecule has 0 aliphatic heterocycles. The van der Waals surface area contributed by atoms with Crippen molar-refractivity contribution in [2.45, 2.75) is 97.6 Å².